The Kier molecular flexibility index (Phi) is 3.18. The Labute approximate surface area is 128 Å². The van der Waals surface area contributed by atoms with E-state index in [0.717, 1.165) is 35.5 Å². The van der Waals surface area contributed by atoms with Gasteiger partial charge in [0, 0.05) is 18.2 Å². The predicted octanol–water partition coefficient (Wildman–Crippen LogP) is 2.26. The Morgan fingerprint density at radius 3 is 2.90 bits per heavy atom. The summed E-state index contributed by atoms with van der Waals surface area (Å²) < 4.78 is 2.11. The standard InChI is InChI=1S/C14H18N6.ClH/c1-14(2)6-8(15)5-9(14)13-19-18-11-7-17-12-10(20(11)13)3-4-16-12;/h3-4,7-9,16H,5-6,15H2,1-2H3;1H/t8-,9-;/m1./s1. The molecule has 0 aromatic carbocycles. The van der Waals surface area contributed by atoms with Crippen molar-refractivity contribution in [3.05, 3.63) is 24.3 Å². The number of nitrogens with one attached hydrogen (secondary N) is 1. The van der Waals surface area contributed by atoms with Gasteiger partial charge in [-0.1, -0.05) is 13.8 Å². The molecule has 1 aliphatic rings. The normalized spacial score (nSPS) is 24.5. The number of nitrogens with zero attached hydrogens (tertiary/aromatic N) is 4. The minimum atomic E-state index is 0. The number of fused-ring (bicyclic) bond motifs is 3. The van der Waals surface area contributed by atoms with Crippen LogP contribution in [0.2, 0.25) is 0 Å². The monoisotopic (exact) mass is 306 g/mol. The minimum absolute atomic E-state index is 0. The van der Waals surface area contributed by atoms with Crippen LogP contribution in [0, 0.1) is 5.41 Å². The molecule has 0 unspecified atom stereocenters. The van der Waals surface area contributed by atoms with Crippen LogP contribution in [0.4, 0.5) is 0 Å². The number of aromatic amines is 1. The number of rotatable bonds is 1. The van der Waals surface area contributed by atoms with Gasteiger partial charge in [-0.3, -0.25) is 4.40 Å². The molecule has 4 rings (SSSR count). The van der Waals surface area contributed by atoms with Gasteiger partial charge in [0.2, 0.25) is 0 Å². The molecule has 3 N–H and O–H groups in total. The molecule has 21 heavy (non-hydrogen) atoms. The fourth-order valence-corrected chi connectivity index (χ4v) is 3.60. The number of H-pyrrole nitrogens is 1. The summed E-state index contributed by atoms with van der Waals surface area (Å²) >= 11 is 0. The fourth-order valence-electron chi connectivity index (χ4n) is 3.60. The van der Waals surface area contributed by atoms with Crippen LogP contribution in [0.3, 0.4) is 0 Å². The van der Waals surface area contributed by atoms with Crippen LogP contribution in [0.1, 0.15) is 38.4 Å². The highest BCUT2D eigenvalue weighted by Crippen LogP contribution is 2.47. The summed E-state index contributed by atoms with van der Waals surface area (Å²) in [6.07, 6.45) is 5.64. The van der Waals surface area contributed by atoms with Gasteiger partial charge in [-0.25, -0.2) is 4.98 Å². The molecule has 0 radical (unpaired) electrons. The molecule has 7 heteroatoms. The lowest BCUT2D eigenvalue weighted by atomic mass is 9.81. The summed E-state index contributed by atoms with van der Waals surface area (Å²) in [6, 6.07) is 2.26. The quantitative estimate of drug-likeness (QED) is 0.722. The first-order valence-corrected chi connectivity index (χ1v) is 6.99. The molecule has 0 spiro atoms. The van der Waals surface area contributed by atoms with Gasteiger partial charge >= 0.3 is 0 Å². The van der Waals surface area contributed by atoms with Gasteiger partial charge in [0.15, 0.2) is 11.3 Å². The summed E-state index contributed by atoms with van der Waals surface area (Å²) in [4.78, 5) is 7.49. The molecule has 112 valence electrons. The zero-order chi connectivity index (χ0) is 13.9. The average molecular weight is 307 g/mol. The number of nitrogens with two attached hydrogens (primary N) is 1. The molecule has 3 aromatic rings. The second-order valence-corrected chi connectivity index (χ2v) is 6.46. The molecule has 0 bridgehead atoms. The smallest absolute Gasteiger partial charge is 0.179 e. The summed E-state index contributed by atoms with van der Waals surface area (Å²) in [7, 11) is 0. The van der Waals surface area contributed by atoms with Crippen molar-refractivity contribution >= 4 is 29.2 Å². The molecular formula is C14H19ClN6. The van der Waals surface area contributed by atoms with Gasteiger partial charge in [-0.2, -0.15) is 0 Å². The first kappa shape index (κ1) is 14.3. The molecule has 0 amide bonds. The molecule has 1 saturated carbocycles. The maximum atomic E-state index is 6.17. The molecule has 1 fully saturated rings. The fraction of sp³-hybridized carbons (Fsp3) is 0.500. The summed E-state index contributed by atoms with van der Waals surface area (Å²) in [5, 5.41) is 8.72. The van der Waals surface area contributed by atoms with Crippen LogP contribution < -0.4 is 5.73 Å². The van der Waals surface area contributed by atoms with Crippen LogP contribution in [0.15, 0.2) is 18.5 Å². The lowest BCUT2D eigenvalue weighted by Crippen LogP contribution is -2.19. The molecule has 3 aromatic heterocycles. The highest BCUT2D eigenvalue weighted by Gasteiger charge is 2.42. The topological polar surface area (TPSA) is 84.9 Å². The van der Waals surface area contributed by atoms with Crippen molar-refractivity contribution < 1.29 is 0 Å². The minimum Gasteiger partial charge on any atom is -0.345 e. The van der Waals surface area contributed by atoms with Crippen LogP contribution in [-0.2, 0) is 0 Å². The third kappa shape index (κ3) is 2.01. The number of hydrogen-bond acceptors (Lipinski definition) is 4. The Morgan fingerprint density at radius 2 is 2.19 bits per heavy atom. The highest BCUT2D eigenvalue weighted by molar-refractivity contribution is 5.85. The highest BCUT2D eigenvalue weighted by atomic mass is 35.5. The van der Waals surface area contributed by atoms with Crippen LogP contribution >= 0.6 is 12.4 Å². The van der Waals surface area contributed by atoms with Crippen LogP contribution in [0.5, 0.6) is 0 Å². The maximum Gasteiger partial charge on any atom is 0.179 e. The summed E-state index contributed by atoms with van der Waals surface area (Å²) in [6.45, 7) is 4.53. The predicted molar refractivity (Wildman–Crippen MR) is 83.6 cm³/mol. The van der Waals surface area contributed by atoms with E-state index in [9.17, 15) is 0 Å². The third-order valence-electron chi connectivity index (χ3n) is 4.55. The van der Waals surface area contributed by atoms with Gasteiger partial charge in [-0.15, -0.1) is 22.6 Å². The van der Waals surface area contributed by atoms with Crippen molar-refractivity contribution in [2.75, 3.05) is 0 Å². The van der Waals surface area contributed by atoms with E-state index >= 15 is 0 Å². The van der Waals surface area contributed by atoms with Gasteiger partial charge in [0.05, 0.1) is 11.7 Å². The number of aromatic nitrogens is 5. The SMILES string of the molecule is CC1(C)C[C@H](N)C[C@@H]1c1nnc2cnc3[nH]ccc3n12.Cl. The Morgan fingerprint density at radius 1 is 1.38 bits per heavy atom. The van der Waals surface area contributed by atoms with Crippen molar-refractivity contribution in [2.24, 2.45) is 11.1 Å². The Bertz CT molecular complexity index is 789. The van der Waals surface area contributed by atoms with E-state index < -0.39 is 0 Å². The van der Waals surface area contributed by atoms with Gasteiger partial charge in [-0.05, 0) is 24.3 Å². The third-order valence-corrected chi connectivity index (χ3v) is 4.55. The van der Waals surface area contributed by atoms with E-state index in [4.69, 9.17) is 5.73 Å². The van der Waals surface area contributed by atoms with Crippen LogP contribution in [0.25, 0.3) is 16.8 Å². The second-order valence-electron chi connectivity index (χ2n) is 6.46. The van der Waals surface area contributed by atoms with Crippen LogP contribution in [-0.4, -0.2) is 30.6 Å². The lowest BCUT2D eigenvalue weighted by molar-refractivity contribution is 0.319. The zero-order valence-electron chi connectivity index (χ0n) is 12.1. The molecular weight excluding hydrogens is 288 g/mol. The average Bonchev–Trinajstić information content (AvgIpc) is 3.04. The molecule has 3 heterocycles. The van der Waals surface area contributed by atoms with Gasteiger partial charge < -0.3 is 10.7 Å². The Hall–Kier alpha value is -1.66. The zero-order valence-corrected chi connectivity index (χ0v) is 12.9. The van der Waals surface area contributed by atoms with Gasteiger partial charge in [0.25, 0.3) is 0 Å². The Balaban J connectivity index is 0.00000132. The lowest BCUT2D eigenvalue weighted by Gasteiger charge is -2.25. The summed E-state index contributed by atoms with van der Waals surface area (Å²) in [5.74, 6) is 1.33. The number of halogens is 1. The van der Waals surface area contributed by atoms with Crippen molar-refractivity contribution in [3.63, 3.8) is 0 Å². The first-order valence-electron chi connectivity index (χ1n) is 6.99. The van der Waals surface area contributed by atoms with Crippen molar-refractivity contribution in [3.8, 4) is 0 Å². The van der Waals surface area contributed by atoms with Crippen molar-refractivity contribution in [1.82, 2.24) is 24.6 Å². The second kappa shape index (κ2) is 4.68. The van der Waals surface area contributed by atoms with E-state index in [1.807, 2.05) is 12.3 Å². The van der Waals surface area contributed by atoms with Crippen molar-refractivity contribution in [2.45, 2.75) is 38.6 Å². The van der Waals surface area contributed by atoms with E-state index in [1.165, 1.54) is 0 Å². The molecule has 0 aliphatic heterocycles. The molecule has 2 atom stereocenters. The number of hydrogen-bond donors (Lipinski definition) is 2. The largest absolute Gasteiger partial charge is 0.345 e. The van der Waals surface area contributed by atoms with Crippen molar-refractivity contribution in [1.29, 1.82) is 0 Å². The molecule has 1 aliphatic carbocycles. The van der Waals surface area contributed by atoms with E-state index in [0.29, 0.717) is 5.92 Å². The van der Waals surface area contributed by atoms with E-state index in [-0.39, 0.29) is 23.9 Å². The van der Waals surface area contributed by atoms with E-state index in [1.54, 1.807) is 6.20 Å². The van der Waals surface area contributed by atoms with E-state index in [2.05, 4.69) is 38.4 Å². The molecule has 6 nitrogen and oxygen atoms in total. The molecule has 0 saturated heterocycles. The van der Waals surface area contributed by atoms with Gasteiger partial charge in [0.1, 0.15) is 5.82 Å². The first-order chi connectivity index (χ1) is 9.56. The summed E-state index contributed by atoms with van der Waals surface area (Å²) in [5.41, 5.74) is 9.00. The maximum absolute atomic E-state index is 6.17.